The van der Waals surface area contributed by atoms with E-state index in [1.165, 1.54) is 5.56 Å². The Labute approximate surface area is 147 Å². The number of nitrogens with one attached hydrogen (secondary N) is 2. The molecule has 0 spiro atoms. The predicted molar refractivity (Wildman–Crippen MR) is 104 cm³/mol. The van der Waals surface area contributed by atoms with Crippen LogP contribution < -0.4 is 15.4 Å². The summed E-state index contributed by atoms with van der Waals surface area (Å²) in [6.45, 7) is 2.05. The molecule has 4 heteroatoms. The van der Waals surface area contributed by atoms with Gasteiger partial charge in [0.15, 0.2) is 5.11 Å². The summed E-state index contributed by atoms with van der Waals surface area (Å²) < 4.78 is 5.77. The highest BCUT2D eigenvalue weighted by Gasteiger charge is 2.01. The van der Waals surface area contributed by atoms with Crippen LogP contribution in [0.5, 0.6) is 11.5 Å². The standard InChI is InChI=1S/C20H18N2OS/c1-15-6-5-7-17(14-15)22-20(24)21-16-10-12-19(13-11-16)23-18-8-3-2-4-9-18/h2-14H,1H3,(H2,21,22,24). The lowest BCUT2D eigenvalue weighted by Crippen LogP contribution is -2.18. The zero-order chi connectivity index (χ0) is 16.8. The minimum atomic E-state index is 0.553. The first-order valence-electron chi connectivity index (χ1n) is 7.67. The molecule has 0 aliphatic heterocycles. The molecule has 3 aromatic carbocycles. The number of ether oxygens (including phenoxy) is 1. The maximum absolute atomic E-state index is 5.77. The number of para-hydroxylation sites is 1. The minimum Gasteiger partial charge on any atom is -0.457 e. The molecule has 0 saturated heterocycles. The SMILES string of the molecule is Cc1cccc(NC(=S)Nc2ccc(Oc3ccccc3)cc2)c1. The van der Waals surface area contributed by atoms with Gasteiger partial charge in [0.05, 0.1) is 0 Å². The molecule has 0 bridgehead atoms. The second kappa shape index (κ2) is 7.62. The fourth-order valence-corrected chi connectivity index (χ4v) is 2.48. The minimum absolute atomic E-state index is 0.553. The van der Waals surface area contributed by atoms with Gasteiger partial charge in [-0.05, 0) is 73.2 Å². The summed E-state index contributed by atoms with van der Waals surface area (Å²) in [6, 6.07) is 25.5. The van der Waals surface area contributed by atoms with Gasteiger partial charge in [-0.3, -0.25) is 0 Å². The van der Waals surface area contributed by atoms with Gasteiger partial charge in [0, 0.05) is 11.4 Å². The van der Waals surface area contributed by atoms with Crippen molar-refractivity contribution in [2.24, 2.45) is 0 Å². The van der Waals surface area contributed by atoms with Crippen LogP contribution in [0.3, 0.4) is 0 Å². The molecular weight excluding hydrogens is 316 g/mol. The molecule has 3 nitrogen and oxygen atoms in total. The summed E-state index contributed by atoms with van der Waals surface area (Å²) >= 11 is 5.35. The summed E-state index contributed by atoms with van der Waals surface area (Å²) in [5.74, 6) is 1.60. The van der Waals surface area contributed by atoms with Crippen LogP contribution >= 0.6 is 12.2 Å². The number of rotatable bonds is 4. The van der Waals surface area contributed by atoms with Crippen molar-refractivity contribution < 1.29 is 4.74 Å². The van der Waals surface area contributed by atoms with Crippen molar-refractivity contribution in [3.05, 3.63) is 84.4 Å². The number of hydrogen-bond donors (Lipinski definition) is 2. The van der Waals surface area contributed by atoms with Crippen LogP contribution in [0.2, 0.25) is 0 Å². The van der Waals surface area contributed by atoms with Crippen LogP contribution in [-0.4, -0.2) is 5.11 Å². The molecule has 0 heterocycles. The van der Waals surface area contributed by atoms with E-state index in [2.05, 4.69) is 10.6 Å². The van der Waals surface area contributed by atoms with E-state index < -0.39 is 0 Å². The molecule has 0 saturated carbocycles. The Morgan fingerprint density at radius 1 is 0.750 bits per heavy atom. The number of hydrogen-bond acceptors (Lipinski definition) is 2. The van der Waals surface area contributed by atoms with Gasteiger partial charge in [-0.25, -0.2) is 0 Å². The molecule has 0 amide bonds. The molecule has 0 aliphatic rings. The maximum atomic E-state index is 5.77. The van der Waals surface area contributed by atoms with Crippen molar-refractivity contribution >= 4 is 28.7 Å². The number of benzene rings is 3. The predicted octanol–water partition coefficient (Wildman–Crippen LogP) is 5.60. The number of thiocarbonyl (C=S) groups is 1. The first-order chi connectivity index (χ1) is 11.7. The van der Waals surface area contributed by atoms with E-state index >= 15 is 0 Å². The zero-order valence-electron chi connectivity index (χ0n) is 13.3. The molecule has 0 radical (unpaired) electrons. The monoisotopic (exact) mass is 334 g/mol. The summed E-state index contributed by atoms with van der Waals surface area (Å²) in [6.07, 6.45) is 0. The third-order valence-electron chi connectivity index (χ3n) is 3.37. The van der Waals surface area contributed by atoms with Crippen LogP contribution in [0.1, 0.15) is 5.56 Å². The molecule has 3 rings (SSSR count). The van der Waals surface area contributed by atoms with Crippen LogP contribution in [0.4, 0.5) is 11.4 Å². The average molecular weight is 334 g/mol. The summed E-state index contributed by atoms with van der Waals surface area (Å²) in [7, 11) is 0. The van der Waals surface area contributed by atoms with Crippen molar-refractivity contribution in [3.63, 3.8) is 0 Å². The molecule has 0 aliphatic carbocycles. The van der Waals surface area contributed by atoms with Gasteiger partial charge in [0.1, 0.15) is 11.5 Å². The normalized spacial score (nSPS) is 10.0. The fourth-order valence-electron chi connectivity index (χ4n) is 2.25. The van der Waals surface area contributed by atoms with Gasteiger partial charge in [-0.2, -0.15) is 0 Å². The van der Waals surface area contributed by atoms with Crippen LogP contribution in [0, 0.1) is 6.92 Å². The summed E-state index contributed by atoms with van der Waals surface area (Å²) in [5, 5.41) is 6.89. The quantitative estimate of drug-likeness (QED) is 0.609. The van der Waals surface area contributed by atoms with Gasteiger partial charge in [-0.15, -0.1) is 0 Å². The molecule has 0 aromatic heterocycles. The first-order valence-corrected chi connectivity index (χ1v) is 8.07. The largest absolute Gasteiger partial charge is 0.457 e. The van der Waals surface area contributed by atoms with Crippen molar-refractivity contribution in [1.82, 2.24) is 0 Å². The molecular formula is C20H18N2OS. The molecule has 3 aromatic rings. The molecule has 0 atom stereocenters. The lowest BCUT2D eigenvalue weighted by atomic mass is 10.2. The highest BCUT2D eigenvalue weighted by molar-refractivity contribution is 7.80. The van der Waals surface area contributed by atoms with Crippen molar-refractivity contribution in [2.45, 2.75) is 6.92 Å². The van der Waals surface area contributed by atoms with E-state index in [1.54, 1.807) is 0 Å². The molecule has 2 N–H and O–H groups in total. The van der Waals surface area contributed by atoms with Crippen molar-refractivity contribution in [2.75, 3.05) is 10.6 Å². The maximum Gasteiger partial charge on any atom is 0.175 e. The van der Waals surface area contributed by atoms with Gasteiger partial charge < -0.3 is 15.4 Å². The lowest BCUT2D eigenvalue weighted by molar-refractivity contribution is 0.483. The van der Waals surface area contributed by atoms with Crippen LogP contribution in [-0.2, 0) is 0 Å². The zero-order valence-corrected chi connectivity index (χ0v) is 14.1. The third kappa shape index (κ3) is 4.57. The highest BCUT2D eigenvalue weighted by atomic mass is 32.1. The average Bonchev–Trinajstić information content (AvgIpc) is 2.57. The van der Waals surface area contributed by atoms with E-state index in [0.717, 1.165) is 22.9 Å². The van der Waals surface area contributed by atoms with Crippen molar-refractivity contribution in [3.8, 4) is 11.5 Å². The van der Waals surface area contributed by atoms with Crippen LogP contribution in [0.25, 0.3) is 0 Å². The highest BCUT2D eigenvalue weighted by Crippen LogP contribution is 2.22. The van der Waals surface area contributed by atoms with E-state index in [1.807, 2.05) is 85.8 Å². The first kappa shape index (κ1) is 16.0. The Kier molecular flexibility index (Phi) is 5.08. The molecule has 24 heavy (non-hydrogen) atoms. The molecule has 0 fully saturated rings. The third-order valence-corrected chi connectivity index (χ3v) is 3.57. The van der Waals surface area contributed by atoms with Crippen LogP contribution in [0.15, 0.2) is 78.9 Å². The Bertz CT molecular complexity index is 817. The molecule has 0 unspecified atom stereocenters. The van der Waals surface area contributed by atoms with E-state index in [4.69, 9.17) is 17.0 Å². The topological polar surface area (TPSA) is 33.3 Å². The summed E-state index contributed by atoms with van der Waals surface area (Å²) in [5.41, 5.74) is 3.06. The second-order valence-electron chi connectivity index (χ2n) is 5.39. The Balaban J connectivity index is 1.58. The van der Waals surface area contributed by atoms with E-state index in [9.17, 15) is 0 Å². The number of aryl methyl sites for hydroxylation is 1. The van der Waals surface area contributed by atoms with Crippen molar-refractivity contribution in [1.29, 1.82) is 0 Å². The lowest BCUT2D eigenvalue weighted by Gasteiger charge is -2.12. The Hall–Kier alpha value is -2.85. The summed E-state index contributed by atoms with van der Waals surface area (Å²) in [4.78, 5) is 0. The van der Waals surface area contributed by atoms with E-state index in [-0.39, 0.29) is 0 Å². The smallest absolute Gasteiger partial charge is 0.175 e. The van der Waals surface area contributed by atoms with Gasteiger partial charge in [0.25, 0.3) is 0 Å². The van der Waals surface area contributed by atoms with Gasteiger partial charge in [-0.1, -0.05) is 30.3 Å². The fraction of sp³-hybridized carbons (Fsp3) is 0.0500. The number of anilines is 2. The second-order valence-corrected chi connectivity index (χ2v) is 5.80. The molecule has 120 valence electrons. The van der Waals surface area contributed by atoms with Gasteiger partial charge >= 0.3 is 0 Å². The van der Waals surface area contributed by atoms with E-state index in [0.29, 0.717) is 5.11 Å². The van der Waals surface area contributed by atoms with Gasteiger partial charge in [0.2, 0.25) is 0 Å². The Morgan fingerprint density at radius 3 is 2.12 bits per heavy atom. The Morgan fingerprint density at radius 2 is 1.42 bits per heavy atom.